The molecule has 5 rings (SSSR count). The molecule has 3 aromatic rings. The van der Waals surface area contributed by atoms with Gasteiger partial charge in [-0.1, -0.05) is 109 Å². The minimum Gasteiger partial charge on any atom is -0.0646 e. The molecule has 2 aliphatic rings. The van der Waals surface area contributed by atoms with Gasteiger partial charge in [-0.05, 0) is 66.5 Å². The molecule has 0 saturated carbocycles. The van der Waals surface area contributed by atoms with E-state index in [-0.39, 0.29) is 5.41 Å². The van der Waals surface area contributed by atoms with Gasteiger partial charge in [0.05, 0.1) is 0 Å². The van der Waals surface area contributed by atoms with Crippen LogP contribution >= 0.6 is 0 Å². The molecule has 0 radical (unpaired) electrons. The van der Waals surface area contributed by atoms with Crippen molar-refractivity contribution in [2.24, 2.45) is 5.41 Å². The van der Waals surface area contributed by atoms with Crippen molar-refractivity contribution in [3.8, 4) is 11.1 Å². The van der Waals surface area contributed by atoms with Gasteiger partial charge in [-0.25, -0.2) is 0 Å². The van der Waals surface area contributed by atoms with E-state index in [1.54, 1.807) is 0 Å². The number of fused-ring (bicyclic) bond motifs is 2. The van der Waals surface area contributed by atoms with Crippen molar-refractivity contribution >= 4 is 12.2 Å². The van der Waals surface area contributed by atoms with E-state index in [4.69, 9.17) is 0 Å². The maximum atomic E-state index is 2.47. The Hall–Kier alpha value is -2.86. The Morgan fingerprint density at radius 2 is 1.26 bits per heavy atom. The van der Waals surface area contributed by atoms with Gasteiger partial charge in [-0.3, -0.25) is 0 Å². The first-order valence-corrected chi connectivity index (χ1v) is 11.4. The quantitative estimate of drug-likeness (QED) is 0.409. The molecular formula is C31H32. The summed E-state index contributed by atoms with van der Waals surface area (Å²) in [7, 11) is 0. The van der Waals surface area contributed by atoms with Crippen molar-refractivity contribution < 1.29 is 0 Å². The van der Waals surface area contributed by atoms with Crippen molar-refractivity contribution in [1.29, 1.82) is 0 Å². The molecule has 0 spiro atoms. The van der Waals surface area contributed by atoms with Gasteiger partial charge in [0.1, 0.15) is 0 Å². The van der Waals surface area contributed by atoms with E-state index in [0.717, 1.165) is 0 Å². The zero-order chi connectivity index (χ0) is 21.9. The van der Waals surface area contributed by atoms with Crippen LogP contribution in [-0.2, 0) is 0 Å². The Labute approximate surface area is 187 Å². The van der Waals surface area contributed by atoms with Crippen LogP contribution in [0.4, 0.5) is 0 Å². The minimum absolute atomic E-state index is 0.0835. The van der Waals surface area contributed by atoms with Gasteiger partial charge < -0.3 is 0 Å². The molecule has 0 bridgehead atoms. The third kappa shape index (κ3) is 3.12. The van der Waals surface area contributed by atoms with Crippen molar-refractivity contribution in [1.82, 2.24) is 0 Å². The van der Waals surface area contributed by atoms with Gasteiger partial charge in [0, 0.05) is 11.8 Å². The van der Waals surface area contributed by atoms with Gasteiger partial charge >= 0.3 is 0 Å². The number of allylic oxidation sites excluding steroid dienone is 2. The Balaban J connectivity index is 1.63. The molecule has 156 valence electrons. The number of benzene rings is 3. The van der Waals surface area contributed by atoms with Crippen LogP contribution in [0.15, 0.2) is 71.8 Å². The highest BCUT2D eigenvalue weighted by Crippen LogP contribution is 2.58. The summed E-state index contributed by atoms with van der Waals surface area (Å²) in [4.78, 5) is 0. The zero-order valence-electron chi connectivity index (χ0n) is 19.6. The molecular weight excluding hydrogens is 372 g/mol. The summed E-state index contributed by atoms with van der Waals surface area (Å²) in [6.07, 6.45) is 4.84. The first-order valence-electron chi connectivity index (χ1n) is 11.4. The molecule has 2 atom stereocenters. The highest BCUT2D eigenvalue weighted by atomic mass is 14.5. The second-order valence-electron chi connectivity index (χ2n) is 10.3. The van der Waals surface area contributed by atoms with E-state index in [2.05, 4.69) is 114 Å². The van der Waals surface area contributed by atoms with Crippen molar-refractivity contribution in [2.45, 2.75) is 53.4 Å². The second kappa shape index (κ2) is 7.09. The summed E-state index contributed by atoms with van der Waals surface area (Å²) in [5.41, 5.74) is 14.2. The largest absolute Gasteiger partial charge is 0.0646 e. The van der Waals surface area contributed by atoms with Crippen LogP contribution in [0.1, 0.15) is 72.9 Å². The van der Waals surface area contributed by atoms with Crippen LogP contribution in [0.3, 0.4) is 0 Å². The fraction of sp³-hybridized carbons (Fsp3) is 0.290. The van der Waals surface area contributed by atoms with Crippen molar-refractivity contribution in [3.05, 3.63) is 105 Å². The lowest BCUT2D eigenvalue weighted by molar-refractivity contribution is 0.275. The molecule has 0 heteroatoms. The third-order valence-electron chi connectivity index (χ3n) is 7.44. The maximum Gasteiger partial charge on any atom is 0.0115 e. The van der Waals surface area contributed by atoms with E-state index >= 15 is 0 Å². The van der Waals surface area contributed by atoms with Gasteiger partial charge in [0.15, 0.2) is 0 Å². The predicted octanol–water partition coefficient (Wildman–Crippen LogP) is 8.70. The van der Waals surface area contributed by atoms with Crippen LogP contribution in [0.25, 0.3) is 23.3 Å². The minimum atomic E-state index is 0.0835. The van der Waals surface area contributed by atoms with E-state index in [1.807, 2.05) is 0 Å². The molecule has 0 N–H and O–H groups in total. The molecule has 2 unspecified atom stereocenters. The molecule has 2 aliphatic carbocycles. The standard InChI is InChI=1S/C31H32/c1-19-14-20(2)16-24(15-19)25-12-9-13-27-28(25)18-22(4)30(27)31(5,6)29-21(3)17-23-10-7-8-11-26(23)29/h7-18,29-30H,1-6H3. The highest BCUT2D eigenvalue weighted by molar-refractivity contribution is 5.82. The Morgan fingerprint density at radius 1 is 0.645 bits per heavy atom. The molecule has 0 aromatic heterocycles. The Kier molecular flexibility index (Phi) is 4.59. The predicted molar refractivity (Wildman–Crippen MR) is 134 cm³/mol. The lowest BCUT2D eigenvalue weighted by Gasteiger charge is -2.41. The van der Waals surface area contributed by atoms with E-state index in [9.17, 15) is 0 Å². The first kappa shape index (κ1) is 20.1. The summed E-state index contributed by atoms with van der Waals surface area (Å²) in [6, 6.07) is 22.8. The van der Waals surface area contributed by atoms with Crippen LogP contribution in [-0.4, -0.2) is 0 Å². The normalized spacial score (nSPS) is 19.7. The first-order chi connectivity index (χ1) is 14.8. The fourth-order valence-corrected chi connectivity index (χ4v) is 6.56. The van der Waals surface area contributed by atoms with E-state index in [1.165, 1.54) is 55.7 Å². The Bertz CT molecular complexity index is 1230. The molecule has 0 nitrogen and oxygen atoms in total. The average molecular weight is 405 g/mol. The number of hydrogen-bond donors (Lipinski definition) is 0. The van der Waals surface area contributed by atoms with Gasteiger partial charge in [-0.2, -0.15) is 0 Å². The highest BCUT2D eigenvalue weighted by Gasteiger charge is 2.45. The summed E-state index contributed by atoms with van der Waals surface area (Å²) in [6.45, 7) is 14.0. The number of aryl methyl sites for hydroxylation is 2. The maximum absolute atomic E-state index is 2.47. The topological polar surface area (TPSA) is 0 Å². The van der Waals surface area contributed by atoms with Crippen molar-refractivity contribution in [2.75, 3.05) is 0 Å². The number of rotatable bonds is 3. The molecule has 31 heavy (non-hydrogen) atoms. The lowest BCUT2D eigenvalue weighted by Crippen LogP contribution is -2.29. The van der Waals surface area contributed by atoms with Gasteiger partial charge in [-0.15, -0.1) is 0 Å². The molecule has 0 aliphatic heterocycles. The summed E-state index contributed by atoms with van der Waals surface area (Å²) >= 11 is 0. The van der Waals surface area contributed by atoms with Gasteiger partial charge in [0.2, 0.25) is 0 Å². The lowest BCUT2D eigenvalue weighted by atomic mass is 9.62. The smallest absolute Gasteiger partial charge is 0.0115 e. The van der Waals surface area contributed by atoms with Crippen molar-refractivity contribution in [3.63, 3.8) is 0 Å². The fourth-order valence-electron chi connectivity index (χ4n) is 6.56. The number of hydrogen-bond acceptors (Lipinski definition) is 0. The van der Waals surface area contributed by atoms with E-state index in [0.29, 0.717) is 11.8 Å². The van der Waals surface area contributed by atoms with Crippen LogP contribution in [0.2, 0.25) is 0 Å². The average Bonchev–Trinajstić information content (AvgIpc) is 3.22. The third-order valence-corrected chi connectivity index (χ3v) is 7.44. The summed E-state index contributed by atoms with van der Waals surface area (Å²) in [5, 5.41) is 0. The summed E-state index contributed by atoms with van der Waals surface area (Å²) < 4.78 is 0. The molecule has 0 amide bonds. The SMILES string of the molecule is CC1=Cc2ccccc2C1C(C)(C)C1C(C)=Cc2c(-c3cc(C)cc(C)c3)cccc21. The van der Waals surface area contributed by atoms with Gasteiger partial charge in [0.25, 0.3) is 0 Å². The monoisotopic (exact) mass is 404 g/mol. The van der Waals surface area contributed by atoms with Crippen LogP contribution in [0.5, 0.6) is 0 Å². The van der Waals surface area contributed by atoms with Crippen LogP contribution in [0, 0.1) is 19.3 Å². The molecule has 0 heterocycles. The Morgan fingerprint density at radius 3 is 2.00 bits per heavy atom. The molecule has 3 aromatic carbocycles. The second-order valence-corrected chi connectivity index (χ2v) is 10.3. The zero-order valence-corrected chi connectivity index (χ0v) is 19.6. The van der Waals surface area contributed by atoms with E-state index < -0.39 is 0 Å². The van der Waals surface area contributed by atoms with Crippen LogP contribution < -0.4 is 0 Å². The molecule has 0 saturated heterocycles. The summed E-state index contributed by atoms with van der Waals surface area (Å²) in [5.74, 6) is 0.848. The molecule has 0 fully saturated rings.